The highest BCUT2D eigenvalue weighted by molar-refractivity contribution is 6.35. The molecule has 1 atom stereocenters. The molecule has 0 unspecified atom stereocenters. The lowest BCUT2D eigenvalue weighted by Crippen LogP contribution is -2.27. The van der Waals surface area contributed by atoms with Crippen molar-refractivity contribution in [2.45, 2.75) is 12.5 Å². The molecule has 1 saturated heterocycles. The van der Waals surface area contributed by atoms with Crippen molar-refractivity contribution in [1.82, 2.24) is 14.5 Å². The molecule has 0 bridgehead atoms. The van der Waals surface area contributed by atoms with Gasteiger partial charge in [-0.2, -0.15) is 5.26 Å². The van der Waals surface area contributed by atoms with Gasteiger partial charge in [-0.3, -0.25) is 4.98 Å². The van der Waals surface area contributed by atoms with E-state index < -0.39 is 0 Å². The molecule has 0 amide bonds. The molecule has 6 nitrogen and oxygen atoms in total. The summed E-state index contributed by atoms with van der Waals surface area (Å²) in [5.41, 5.74) is 12.5. The number of fused-ring (bicyclic) bond motifs is 1. The predicted octanol–water partition coefficient (Wildman–Crippen LogP) is 4.36. The van der Waals surface area contributed by atoms with Gasteiger partial charge in [-0.05, 0) is 36.2 Å². The van der Waals surface area contributed by atoms with Crippen LogP contribution in [0.3, 0.4) is 0 Å². The van der Waals surface area contributed by atoms with Gasteiger partial charge in [0.25, 0.3) is 0 Å². The van der Waals surface area contributed by atoms with Gasteiger partial charge in [0.15, 0.2) is 0 Å². The summed E-state index contributed by atoms with van der Waals surface area (Å²) in [6.45, 7) is 1.61. The van der Waals surface area contributed by atoms with Gasteiger partial charge in [0.05, 0.1) is 38.9 Å². The van der Waals surface area contributed by atoms with Gasteiger partial charge >= 0.3 is 0 Å². The fourth-order valence-corrected chi connectivity index (χ4v) is 4.67. The van der Waals surface area contributed by atoms with E-state index in [1.165, 1.54) is 0 Å². The standard InChI is InChI=1S/C24H21ClN6/c1-30-23-20(25)6-3-7-21(23)29-24(30)19-13-28-12-18(16-5-2-4-15(10-16)11-26)22(19)31-9-8-17(27)14-31/h2-7,10,12-13,17H,8-9,14,27H2,1H3/t17-/m0/s1. The molecule has 2 aromatic heterocycles. The third kappa shape index (κ3) is 3.32. The van der Waals surface area contributed by atoms with Crippen molar-refractivity contribution in [3.05, 3.63) is 65.4 Å². The lowest BCUT2D eigenvalue weighted by molar-refractivity contribution is 0.752. The van der Waals surface area contributed by atoms with E-state index in [2.05, 4.69) is 16.0 Å². The monoisotopic (exact) mass is 428 g/mol. The summed E-state index contributed by atoms with van der Waals surface area (Å²) < 4.78 is 2.02. The fourth-order valence-electron chi connectivity index (χ4n) is 4.38. The van der Waals surface area contributed by atoms with E-state index in [0.29, 0.717) is 10.6 Å². The largest absolute Gasteiger partial charge is 0.369 e. The van der Waals surface area contributed by atoms with Crippen LogP contribution in [0, 0.1) is 11.3 Å². The Morgan fingerprint density at radius 1 is 1.16 bits per heavy atom. The highest BCUT2D eigenvalue weighted by atomic mass is 35.5. The second kappa shape index (κ2) is 7.69. The van der Waals surface area contributed by atoms with Gasteiger partial charge < -0.3 is 15.2 Å². The number of nitriles is 1. The van der Waals surface area contributed by atoms with Crippen LogP contribution in [0.2, 0.25) is 5.02 Å². The summed E-state index contributed by atoms with van der Waals surface area (Å²) in [7, 11) is 1.97. The first-order valence-electron chi connectivity index (χ1n) is 10.2. The minimum absolute atomic E-state index is 0.120. The second-order valence-corrected chi connectivity index (χ2v) is 8.28. The quantitative estimate of drug-likeness (QED) is 0.524. The number of halogens is 1. The first-order valence-corrected chi connectivity index (χ1v) is 10.5. The first kappa shape index (κ1) is 19.6. The molecule has 2 aromatic carbocycles. The molecular formula is C24H21ClN6. The van der Waals surface area contributed by atoms with Gasteiger partial charge in [0.2, 0.25) is 0 Å². The van der Waals surface area contributed by atoms with E-state index in [4.69, 9.17) is 22.3 Å². The molecule has 1 fully saturated rings. The number of hydrogen-bond donors (Lipinski definition) is 1. The van der Waals surface area contributed by atoms with Gasteiger partial charge in [-0.15, -0.1) is 0 Å². The summed E-state index contributed by atoms with van der Waals surface area (Å²) in [5, 5.41) is 10.0. The maximum Gasteiger partial charge on any atom is 0.144 e. The van der Waals surface area contributed by atoms with Gasteiger partial charge in [-0.25, -0.2) is 4.98 Å². The number of nitrogens with zero attached hydrogens (tertiary/aromatic N) is 5. The zero-order valence-electron chi connectivity index (χ0n) is 17.1. The Kier molecular flexibility index (Phi) is 4.85. The highest BCUT2D eigenvalue weighted by Crippen LogP contribution is 2.41. The van der Waals surface area contributed by atoms with Crippen LogP contribution < -0.4 is 10.6 Å². The zero-order valence-corrected chi connectivity index (χ0v) is 17.8. The van der Waals surface area contributed by atoms with Gasteiger partial charge in [0.1, 0.15) is 5.82 Å². The molecule has 2 N–H and O–H groups in total. The van der Waals surface area contributed by atoms with Gasteiger partial charge in [0, 0.05) is 44.1 Å². The zero-order chi connectivity index (χ0) is 21.5. The molecule has 0 aliphatic carbocycles. The summed E-state index contributed by atoms with van der Waals surface area (Å²) in [5.74, 6) is 0.796. The summed E-state index contributed by atoms with van der Waals surface area (Å²) in [6.07, 6.45) is 4.63. The molecule has 0 radical (unpaired) electrons. The van der Waals surface area contributed by atoms with E-state index >= 15 is 0 Å². The van der Waals surface area contributed by atoms with Crippen LogP contribution in [0.15, 0.2) is 54.9 Å². The van der Waals surface area contributed by atoms with Crippen molar-refractivity contribution in [3.63, 3.8) is 0 Å². The molecular weight excluding hydrogens is 408 g/mol. The number of aromatic nitrogens is 3. The number of rotatable bonds is 3. The number of aryl methyl sites for hydroxylation is 1. The van der Waals surface area contributed by atoms with Crippen LogP contribution in [0.1, 0.15) is 12.0 Å². The van der Waals surface area contributed by atoms with Crippen molar-refractivity contribution in [2.75, 3.05) is 18.0 Å². The number of imidazole rings is 1. The highest BCUT2D eigenvalue weighted by Gasteiger charge is 2.27. The third-order valence-electron chi connectivity index (χ3n) is 5.85. The Balaban J connectivity index is 1.78. The summed E-state index contributed by atoms with van der Waals surface area (Å²) in [6, 6.07) is 15.7. The van der Waals surface area contributed by atoms with E-state index in [1.54, 1.807) is 6.07 Å². The van der Waals surface area contributed by atoms with E-state index in [0.717, 1.165) is 58.7 Å². The Bertz CT molecular complexity index is 1340. The second-order valence-electron chi connectivity index (χ2n) is 7.87. The number of benzene rings is 2. The number of para-hydroxylation sites is 1. The number of nitrogens with two attached hydrogens (primary N) is 1. The maximum absolute atomic E-state index is 9.38. The van der Waals surface area contributed by atoms with E-state index in [-0.39, 0.29) is 6.04 Å². The van der Waals surface area contributed by atoms with Crippen molar-refractivity contribution in [1.29, 1.82) is 5.26 Å². The number of anilines is 1. The molecule has 0 saturated carbocycles. The minimum atomic E-state index is 0.120. The average Bonchev–Trinajstić information content (AvgIpc) is 3.37. The third-order valence-corrected chi connectivity index (χ3v) is 6.15. The van der Waals surface area contributed by atoms with Crippen LogP contribution in [0.5, 0.6) is 0 Å². The Hall–Kier alpha value is -3.40. The molecule has 31 heavy (non-hydrogen) atoms. The van der Waals surface area contributed by atoms with Gasteiger partial charge in [-0.1, -0.05) is 29.8 Å². The normalized spacial score (nSPS) is 16.1. The molecule has 1 aliphatic rings. The summed E-state index contributed by atoms with van der Waals surface area (Å²) >= 11 is 6.48. The minimum Gasteiger partial charge on any atom is -0.369 e. The molecule has 0 spiro atoms. The molecule has 7 heteroatoms. The first-order chi connectivity index (χ1) is 15.1. The molecule has 1 aliphatic heterocycles. The molecule has 3 heterocycles. The van der Waals surface area contributed by atoms with Crippen LogP contribution in [-0.4, -0.2) is 33.7 Å². The smallest absolute Gasteiger partial charge is 0.144 e. The van der Waals surface area contributed by atoms with Crippen LogP contribution >= 0.6 is 11.6 Å². The maximum atomic E-state index is 9.38. The average molecular weight is 429 g/mol. The lowest BCUT2D eigenvalue weighted by atomic mass is 10.00. The van der Waals surface area contributed by atoms with E-state index in [1.807, 2.05) is 60.4 Å². The molecule has 5 rings (SSSR count). The Morgan fingerprint density at radius 2 is 1.97 bits per heavy atom. The fraction of sp³-hybridized carbons (Fsp3) is 0.208. The van der Waals surface area contributed by atoms with Crippen LogP contribution in [0.25, 0.3) is 33.5 Å². The number of hydrogen-bond acceptors (Lipinski definition) is 5. The van der Waals surface area contributed by atoms with Crippen LogP contribution in [0.4, 0.5) is 5.69 Å². The van der Waals surface area contributed by atoms with Crippen molar-refractivity contribution in [3.8, 4) is 28.6 Å². The Labute approximate surface area is 185 Å². The van der Waals surface area contributed by atoms with Crippen LogP contribution in [-0.2, 0) is 7.05 Å². The van der Waals surface area contributed by atoms with Crippen molar-refractivity contribution < 1.29 is 0 Å². The SMILES string of the molecule is Cn1c(-c2cncc(-c3cccc(C#N)c3)c2N2CC[C@H](N)C2)nc2cccc(Cl)c21. The number of pyridine rings is 1. The lowest BCUT2D eigenvalue weighted by Gasteiger charge is -2.25. The van der Waals surface area contributed by atoms with E-state index in [9.17, 15) is 5.26 Å². The summed E-state index contributed by atoms with van der Waals surface area (Å²) in [4.78, 5) is 11.7. The van der Waals surface area contributed by atoms with Crippen molar-refractivity contribution in [2.24, 2.45) is 12.8 Å². The molecule has 4 aromatic rings. The predicted molar refractivity (Wildman–Crippen MR) is 124 cm³/mol. The topological polar surface area (TPSA) is 83.8 Å². The van der Waals surface area contributed by atoms with Crippen molar-refractivity contribution >= 4 is 28.3 Å². The molecule has 154 valence electrons. The Morgan fingerprint density at radius 3 is 2.71 bits per heavy atom.